The first-order valence-corrected chi connectivity index (χ1v) is 7.93. The molecule has 0 atom stereocenters. The molecule has 1 amide bonds. The highest BCUT2D eigenvalue weighted by Crippen LogP contribution is 2.16. The van der Waals surface area contributed by atoms with Crippen LogP contribution in [0.15, 0.2) is 60.2 Å². The van der Waals surface area contributed by atoms with Crippen LogP contribution in [0, 0.1) is 0 Å². The fourth-order valence-corrected chi connectivity index (χ4v) is 2.20. The minimum Gasteiger partial charge on any atom is -0.484 e. The van der Waals surface area contributed by atoms with E-state index in [-0.39, 0.29) is 24.5 Å². The predicted molar refractivity (Wildman–Crippen MR) is 98.1 cm³/mol. The second-order valence-corrected chi connectivity index (χ2v) is 5.49. The van der Waals surface area contributed by atoms with Crippen molar-refractivity contribution in [2.45, 2.75) is 6.42 Å². The highest BCUT2D eigenvalue weighted by atomic mass is 16.5. The largest absolute Gasteiger partial charge is 0.484 e. The number of carboxylic acids is 1. The van der Waals surface area contributed by atoms with Crippen molar-refractivity contribution in [3.8, 4) is 5.75 Å². The smallest absolute Gasteiger partial charge is 0.332 e. The summed E-state index contributed by atoms with van der Waals surface area (Å²) in [6.07, 6.45) is 1.81. The Balaban J connectivity index is 1.97. The lowest BCUT2D eigenvalue weighted by Gasteiger charge is -2.17. The molecule has 0 bridgehead atoms. The summed E-state index contributed by atoms with van der Waals surface area (Å²) in [6, 6.07) is 15.8. The molecule has 0 saturated carbocycles. The van der Waals surface area contributed by atoms with Gasteiger partial charge in [-0.05, 0) is 35.9 Å². The summed E-state index contributed by atoms with van der Waals surface area (Å²) in [5.74, 6) is -0.837. The number of anilines is 1. The van der Waals surface area contributed by atoms with Gasteiger partial charge in [0.1, 0.15) is 12.0 Å². The lowest BCUT2D eigenvalue weighted by molar-refractivity contribution is -0.133. The number of ether oxygens (including phenoxy) is 1. The van der Waals surface area contributed by atoms with Crippen molar-refractivity contribution >= 4 is 29.9 Å². The number of benzene rings is 2. The van der Waals surface area contributed by atoms with E-state index in [1.54, 1.807) is 31.3 Å². The molecular formula is C20H19NO5. The predicted octanol–water partition coefficient (Wildman–Crippen LogP) is 2.79. The van der Waals surface area contributed by atoms with Crippen LogP contribution in [0.5, 0.6) is 5.75 Å². The first-order chi connectivity index (χ1) is 12.5. The number of nitrogens with zero attached hydrogens (tertiary/aromatic N) is 1. The topological polar surface area (TPSA) is 83.9 Å². The molecule has 134 valence electrons. The van der Waals surface area contributed by atoms with Gasteiger partial charge in [0.2, 0.25) is 0 Å². The van der Waals surface area contributed by atoms with Crippen molar-refractivity contribution < 1.29 is 24.2 Å². The Labute approximate surface area is 151 Å². The molecule has 0 unspecified atom stereocenters. The maximum atomic E-state index is 12.2. The van der Waals surface area contributed by atoms with Gasteiger partial charge in [-0.2, -0.15) is 0 Å². The van der Waals surface area contributed by atoms with Crippen molar-refractivity contribution in [1.82, 2.24) is 0 Å². The van der Waals surface area contributed by atoms with Gasteiger partial charge in [0.15, 0.2) is 6.61 Å². The van der Waals surface area contributed by atoms with E-state index in [9.17, 15) is 14.4 Å². The molecule has 2 aromatic rings. The summed E-state index contributed by atoms with van der Waals surface area (Å²) < 4.78 is 5.48. The molecule has 0 aromatic heterocycles. The minimum absolute atomic E-state index is 0.00771. The molecular weight excluding hydrogens is 334 g/mol. The van der Waals surface area contributed by atoms with E-state index in [0.29, 0.717) is 17.6 Å². The molecule has 2 aromatic carbocycles. The fourth-order valence-electron chi connectivity index (χ4n) is 2.20. The lowest BCUT2D eigenvalue weighted by Crippen LogP contribution is -2.31. The number of carbonyl (C=O) groups is 3. The van der Waals surface area contributed by atoms with E-state index in [4.69, 9.17) is 9.84 Å². The normalized spacial score (nSPS) is 10.9. The summed E-state index contributed by atoms with van der Waals surface area (Å²) >= 11 is 0. The van der Waals surface area contributed by atoms with Crippen LogP contribution in [0.1, 0.15) is 12.0 Å². The van der Waals surface area contributed by atoms with Gasteiger partial charge in [-0.3, -0.25) is 4.79 Å². The molecule has 1 N–H and O–H groups in total. The standard InChI is InChI=1S/C20H19NO5/c1-21(17-5-3-2-4-6-17)19(23)14-26-18-9-7-15(8-10-18)13-16(11-12-22)20(24)25/h2-10,12-13H,11,14H2,1H3,(H,24,25). The summed E-state index contributed by atoms with van der Waals surface area (Å²) in [5, 5.41) is 9.02. The van der Waals surface area contributed by atoms with Gasteiger partial charge in [-0.15, -0.1) is 0 Å². The molecule has 0 heterocycles. The lowest BCUT2D eigenvalue weighted by atomic mass is 10.1. The molecule has 0 radical (unpaired) electrons. The zero-order valence-corrected chi connectivity index (χ0v) is 14.3. The average molecular weight is 353 g/mol. The molecule has 0 aliphatic heterocycles. The van der Waals surface area contributed by atoms with Gasteiger partial charge in [0.05, 0.1) is 0 Å². The number of hydrogen-bond acceptors (Lipinski definition) is 4. The Bertz CT molecular complexity index is 797. The third kappa shape index (κ3) is 5.31. The number of carbonyl (C=O) groups excluding carboxylic acids is 2. The van der Waals surface area contributed by atoms with Gasteiger partial charge in [0.25, 0.3) is 5.91 Å². The second kappa shape index (κ2) is 9.17. The SMILES string of the molecule is CN(C(=O)COc1ccc(C=C(CC=O)C(=O)O)cc1)c1ccccc1. The maximum absolute atomic E-state index is 12.2. The summed E-state index contributed by atoms with van der Waals surface area (Å²) in [7, 11) is 1.68. The van der Waals surface area contributed by atoms with Crippen LogP contribution in [0.3, 0.4) is 0 Å². The number of carboxylic acid groups (broad SMARTS) is 1. The Hall–Kier alpha value is -3.41. The van der Waals surface area contributed by atoms with Crippen LogP contribution in [-0.2, 0) is 14.4 Å². The Morgan fingerprint density at radius 2 is 1.73 bits per heavy atom. The first kappa shape index (κ1) is 18.9. The highest BCUT2D eigenvalue weighted by Gasteiger charge is 2.11. The van der Waals surface area contributed by atoms with E-state index < -0.39 is 5.97 Å². The van der Waals surface area contributed by atoms with Gasteiger partial charge < -0.3 is 19.5 Å². The summed E-state index contributed by atoms with van der Waals surface area (Å²) in [5.41, 5.74) is 1.41. The highest BCUT2D eigenvalue weighted by molar-refractivity contribution is 5.95. The van der Waals surface area contributed by atoms with Crippen LogP contribution >= 0.6 is 0 Å². The minimum atomic E-state index is -1.13. The van der Waals surface area contributed by atoms with E-state index in [1.807, 2.05) is 30.3 Å². The molecule has 0 saturated heterocycles. The van der Waals surface area contributed by atoms with Gasteiger partial charge in [-0.25, -0.2) is 4.79 Å². The third-order valence-corrected chi connectivity index (χ3v) is 3.68. The molecule has 26 heavy (non-hydrogen) atoms. The van der Waals surface area contributed by atoms with Crippen molar-refractivity contribution in [1.29, 1.82) is 0 Å². The summed E-state index contributed by atoms with van der Waals surface area (Å²) in [6.45, 7) is -0.119. The second-order valence-electron chi connectivity index (χ2n) is 5.49. The van der Waals surface area contributed by atoms with E-state index in [1.165, 1.54) is 11.0 Å². The number of aldehydes is 1. The fraction of sp³-hybridized carbons (Fsp3) is 0.150. The summed E-state index contributed by atoms with van der Waals surface area (Å²) in [4.78, 5) is 35.2. The quantitative estimate of drug-likeness (QED) is 0.583. The molecule has 2 rings (SSSR count). The third-order valence-electron chi connectivity index (χ3n) is 3.68. The van der Waals surface area contributed by atoms with Gasteiger partial charge >= 0.3 is 5.97 Å². The average Bonchev–Trinajstić information content (AvgIpc) is 2.66. The molecule has 0 aliphatic carbocycles. The number of likely N-dealkylation sites (N-methyl/N-ethyl adjacent to an activating group) is 1. The van der Waals surface area contributed by atoms with Crippen LogP contribution in [0.25, 0.3) is 6.08 Å². The monoisotopic (exact) mass is 353 g/mol. The van der Waals surface area contributed by atoms with E-state index in [2.05, 4.69) is 0 Å². The maximum Gasteiger partial charge on any atom is 0.332 e. The van der Waals surface area contributed by atoms with Gasteiger partial charge in [0, 0.05) is 24.7 Å². The van der Waals surface area contributed by atoms with Crippen LogP contribution in [0.2, 0.25) is 0 Å². The number of para-hydroxylation sites is 1. The number of rotatable bonds is 8. The molecule has 6 heteroatoms. The number of aliphatic carboxylic acids is 1. The van der Waals surface area contributed by atoms with E-state index in [0.717, 1.165) is 5.69 Å². The Kier molecular flexibility index (Phi) is 6.68. The first-order valence-electron chi connectivity index (χ1n) is 7.93. The Morgan fingerprint density at radius 1 is 1.08 bits per heavy atom. The van der Waals surface area contributed by atoms with Crippen molar-refractivity contribution in [3.63, 3.8) is 0 Å². The van der Waals surface area contributed by atoms with Crippen LogP contribution in [0.4, 0.5) is 5.69 Å². The van der Waals surface area contributed by atoms with E-state index >= 15 is 0 Å². The van der Waals surface area contributed by atoms with Crippen molar-refractivity contribution in [3.05, 3.63) is 65.7 Å². The Morgan fingerprint density at radius 3 is 2.31 bits per heavy atom. The molecule has 0 aliphatic rings. The van der Waals surface area contributed by atoms with Crippen LogP contribution < -0.4 is 9.64 Å². The van der Waals surface area contributed by atoms with Gasteiger partial charge in [-0.1, -0.05) is 30.3 Å². The molecule has 6 nitrogen and oxygen atoms in total. The van der Waals surface area contributed by atoms with Crippen molar-refractivity contribution in [2.75, 3.05) is 18.6 Å². The van der Waals surface area contributed by atoms with Crippen molar-refractivity contribution in [2.24, 2.45) is 0 Å². The number of hydrogen-bond donors (Lipinski definition) is 1. The zero-order valence-electron chi connectivity index (χ0n) is 14.3. The van der Waals surface area contributed by atoms with Crippen LogP contribution in [-0.4, -0.2) is 36.9 Å². The molecule has 0 fully saturated rings. The zero-order chi connectivity index (χ0) is 18.9. The molecule has 0 spiro atoms. The number of amides is 1.